The summed E-state index contributed by atoms with van der Waals surface area (Å²) in [5.74, 6) is 0.231. The van der Waals surface area contributed by atoms with E-state index in [9.17, 15) is 0 Å². The normalized spacial score (nSPS) is 13.3. The Balaban J connectivity index is 2.50. The van der Waals surface area contributed by atoms with Gasteiger partial charge in [0.15, 0.2) is 0 Å². The van der Waals surface area contributed by atoms with E-state index in [4.69, 9.17) is 10.8 Å². The number of anilines is 1. The molecule has 3 N–H and O–H groups in total. The highest BCUT2D eigenvalue weighted by Crippen LogP contribution is 2.02. The van der Waals surface area contributed by atoms with Crippen molar-refractivity contribution in [2.24, 2.45) is 5.92 Å². The molecule has 0 radical (unpaired) electrons. The number of nitrogen functional groups attached to an aromatic ring is 1. The van der Waals surface area contributed by atoms with Crippen molar-refractivity contribution in [3.8, 4) is 0 Å². The smallest absolute Gasteiger partial charge is 0.0719 e. The first-order valence-electron chi connectivity index (χ1n) is 3.61. The quantitative estimate of drug-likeness (QED) is 0.650. The lowest BCUT2D eigenvalue weighted by atomic mass is 10.2. The van der Waals surface area contributed by atoms with Crippen LogP contribution in [-0.4, -0.2) is 21.5 Å². The summed E-state index contributed by atoms with van der Waals surface area (Å²) in [7, 11) is 0. The summed E-state index contributed by atoms with van der Waals surface area (Å²) >= 11 is 0. The van der Waals surface area contributed by atoms with Gasteiger partial charge in [-0.25, -0.2) is 0 Å². The fourth-order valence-corrected chi connectivity index (χ4v) is 0.856. The molecule has 0 fully saturated rings. The predicted octanol–water partition coefficient (Wildman–Crippen LogP) is 0.0937. The SMILES string of the molecule is CC(CO)Cn1cc(N)cn1. The van der Waals surface area contributed by atoms with Crippen molar-refractivity contribution in [2.45, 2.75) is 13.5 Å². The minimum Gasteiger partial charge on any atom is -0.396 e. The zero-order valence-corrected chi connectivity index (χ0v) is 6.57. The second-order valence-corrected chi connectivity index (χ2v) is 2.78. The molecule has 0 saturated heterocycles. The van der Waals surface area contributed by atoms with Crippen molar-refractivity contribution < 1.29 is 5.11 Å². The topological polar surface area (TPSA) is 64.1 Å². The summed E-state index contributed by atoms with van der Waals surface area (Å²) < 4.78 is 1.73. The van der Waals surface area contributed by atoms with Crippen LogP contribution in [0.5, 0.6) is 0 Å². The fourth-order valence-electron chi connectivity index (χ4n) is 0.856. The molecule has 1 aromatic heterocycles. The third-order valence-electron chi connectivity index (χ3n) is 1.46. The maximum atomic E-state index is 8.73. The number of aliphatic hydroxyl groups is 1. The molecule has 1 aromatic rings. The molecule has 0 aliphatic carbocycles. The minimum absolute atomic E-state index is 0.180. The number of nitrogens with two attached hydrogens (primary N) is 1. The zero-order chi connectivity index (χ0) is 8.27. The largest absolute Gasteiger partial charge is 0.396 e. The average Bonchev–Trinajstić information content (AvgIpc) is 2.35. The summed E-state index contributed by atoms with van der Waals surface area (Å²) in [6.45, 7) is 2.85. The maximum Gasteiger partial charge on any atom is 0.0719 e. The van der Waals surface area contributed by atoms with E-state index in [1.54, 1.807) is 17.1 Å². The summed E-state index contributed by atoms with van der Waals surface area (Å²) in [6.07, 6.45) is 3.36. The van der Waals surface area contributed by atoms with Gasteiger partial charge >= 0.3 is 0 Å². The van der Waals surface area contributed by atoms with E-state index in [0.29, 0.717) is 12.2 Å². The van der Waals surface area contributed by atoms with Gasteiger partial charge in [0, 0.05) is 19.3 Å². The second kappa shape index (κ2) is 3.39. The third kappa shape index (κ3) is 2.23. The van der Waals surface area contributed by atoms with Crippen molar-refractivity contribution in [2.75, 3.05) is 12.3 Å². The second-order valence-electron chi connectivity index (χ2n) is 2.78. The van der Waals surface area contributed by atoms with Crippen molar-refractivity contribution in [3.63, 3.8) is 0 Å². The van der Waals surface area contributed by atoms with Gasteiger partial charge in [-0.05, 0) is 5.92 Å². The van der Waals surface area contributed by atoms with Crippen LogP contribution in [0.4, 0.5) is 5.69 Å². The Morgan fingerprint density at radius 3 is 3.00 bits per heavy atom. The Bertz CT molecular complexity index is 221. The average molecular weight is 155 g/mol. The van der Waals surface area contributed by atoms with Crippen LogP contribution < -0.4 is 5.73 Å². The summed E-state index contributed by atoms with van der Waals surface area (Å²) in [4.78, 5) is 0. The molecule has 0 spiro atoms. The van der Waals surface area contributed by atoms with Crippen LogP contribution in [0.3, 0.4) is 0 Å². The van der Waals surface area contributed by atoms with Crippen LogP contribution in [0.25, 0.3) is 0 Å². The van der Waals surface area contributed by atoms with Gasteiger partial charge in [0.25, 0.3) is 0 Å². The summed E-state index contributed by atoms with van der Waals surface area (Å²) in [5, 5.41) is 12.7. The van der Waals surface area contributed by atoms with Crippen LogP contribution in [0.2, 0.25) is 0 Å². The van der Waals surface area contributed by atoms with E-state index in [2.05, 4.69) is 5.10 Å². The van der Waals surface area contributed by atoms with Crippen molar-refractivity contribution >= 4 is 5.69 Å². The minimum atomic E-state index is 0.180. The molecule has 4 heteroatoms. The van der Waals surface area contributed by atoms with E-state index in [1.165, 1.54) is 0 Å². The van der Waals surface area contributed by atoms with E-state index < -0.39 is 0 Å². The van der Waals surface area contributed by atoms with Crippen LogP contribution in [-0.2, 0) is 6.54 Å². The Kier molecular flexibility index (Phi) is 2.48. The molecule has 0 aromatic carbocycles. The summed E-state index contributed by atoms with van der Waals surface area (Å²) in [6, 6.07) is 0. The molecule has 0 saturated carbocycles. The molecule has 1 rings (SSSR count). The molecule has 0 aliphatic heterocycles. The number of nitrogens with zero attached hydrogens (tertiary/aromatic N) is 2. The maximum absolute atomic E-state index is 8.73. The van der Waals surface area contributed by atoms with Gasteiger partial charge in [0.05, 0.1) is 11.9 Å². The van der Waals surface area contributed by atoms with Gasteiger partial charge in [0.1, 0.15) is 0 Å². The van der Waals surface area contributed by atoms with Crippen LogP contribution in [0.15, 0.2) is 12.4 Å². The van der Waals surface area contributed by atoms with Crippen molar-refractivity contribution in [1.29, 1.82) is 0 Å². The number of aliphatic hydroxyl groups excluding tert-OH is 1. The highest BCUT2D eigenvalue weighted by Gasteiger charge is 2.01. The van der Waals surface area contributed by atoms with Crippen molar-refractivity contribution in [3.05, 3.63) is 12.4 Å². The number of rotatable bonds is 3. The standard InChI is InChI=1S/C7H13N3O/c1-6(5-11)3-10-4-7(8)2-9-10/h2,4,6,11H,3,5,8H2,1H3. The molecular formula is C7H13N3O. The molecule has 0 amide bonds. The van der Waals surface area contributed by atoms with Crippen LogP contribution in [0.1, 0.15) is 6.92 Å². The first-order valence-corrected chi connectivity index (χ1v) is 3.61. The summed E-state index contributed by atoms with van der Waals surface area (Å²) in [5.41, 5.74) is 6.11. The third-order valence-corrected chi connectivity index (χ3v) is 1.46. The lowest BCUT2D eigenvalue weighted by Gasteiger charge is -2.06. The highest BCUT2D eigenvalue weighted by molar-refractivity contribution is 5.30. The molecule has 11 heavy (non-hydrogen) atoms. The molecule has 1 unspecified atom stereocenters. The van der Waals surface area contributed by atoms with E-state index >= 15 is 0 Å². The number of aromatic nitrogens is 2. The lowest BCUT2D eigenvalue weighted by molar-refractivity contribution is 0.219. The van der Waals surface area contributed by atoms with Gasteiger partial charge in [-0.1, -0.05) is 6.92 Å². The van der Waals surface area contributed by atoms with Crippen LogP contribution >= 0.6 is 0 Å². The Hall–Kier alpha value is -1.03. The molecule has 0 aliphatic rings. The van der Waals surface area contributed by atoms with Crippen molar-refractivity contribution in [1.82, 2.24) is 9.78 Å². The van der Waals surface area contributed by atoms with E-state index in [0.717, 1.165) is 0 Å². The molecule has 0 bridgehead atoms. The Morgan fingerprint density at radius 2 is 2.55 bits per heavy atom. The molecule has 4 nitrogen and oxygen atoms in total. The van der Waals surface area contributed by atoms with Gasteiger partial charge in [0.2, 0.25) is 0 Å². The Labute approximate surface area is 65.6 Å². The number of hydrogen-bond donors (Lipinski definition) is 2. The lowest BCUT2D eigenvalue weighted by Crippen LogP contribution is -2.11. The molecule has 62 valence electrons. The monoisotopic (exact) mass is 155 g/mol. The fraction of sp³-hybridized carbons (Fsp3) is 0.571. The van der Waals surface area contributed by atoms with E-state index in [-0.39, 0.29) is 12.5 Å². The molecular weight excluding hydrogens is 142 g/mol. The Morgan fingerprint density at radius 1 is 1.82 bits per heavy atom. The molecule has 1 heterocycles. The highest BCUT2D eigenvalue weighted by atomic mass is 16.3. The zero-order valence-electron chi connectivity index (χ0n) is 6.57. The first kappa shape index (κ1) is 8.07. The van der Waals surface area contributed by atoms with Gasteiger partial charge in [-0.3, -0.25) is 4.68 Å². The van der Waals surface area contributed by atoms with Gasteiger partial charge in [-0.15, -0.1) is 0 Å². The first-order chi connectivity index (χ1) is 5.22. The molecule has 1 atom stereocenters. The van der Waals surface area contributed by atoms with E-state index in [1.807, 2.05) is 6.92 Å². The number of hydrogen-bond acceptors (Lipinski definition) is 3. The predicted molar refractivity (Wildman–Crippen MR) is 42.9 cm³/mol. The van der Waals surface area contributed by atoms with Crippen LogP contribution in [0, 0.1) is 5.92 Å². The van der Waals surface area contributed by atoms with Gasteiger partial charge < -0.3 is 10.8 Å². The van der Waals surface area contributed by atoms with Gasteiger partial charge in [-0.2, -0.15) is 5.10 Å².